The van der Waals surface area contributed by atoms with Gasteiger partial charge in [-0.15, -0.1) is 24.9 Å². The molecule has 2 aliphatic rings. The molecule has 0 saturated carbocycles. The van der Waals surface area contributed by atoms with E-state index >= 15 is 0 Å². The van der Waals surface area contributed by atoms with Crippen molar-refractivity contribution in [2.24, 2.45) is 0 Å². The number of thioether (sulfide) groups is 2. The summed E-state index contributed by atoms with van der Waals surface area (Å²) in [7, 11) is 1.99. The van der Waals surface area contributed by atoms with Crippen molar-refractivity contribution < 1.29 is 37.5 Å². The third-order valence-electron chi connectivity index (χ3n) is 2.49. The molecule has 7 heteroatoms. The maximum atomic E-state index is 10.3. The van der Waals surface area contributed by atoms with Crippen molar-refractivity contribution >= 4 is 28.8 Å². The fourth-order valence-electron chi connectivity index (χ4n) is 1.15. The Bertz CT molecular complexity index is 238. The van der Waals surface area contributed by atoms with Crippen molar-refractivity contribution in [1.29, 1.82) is 0 Å². The molecule has 1 radical (unpaired) electrons. The largest absolute Gasteiger partial charge is 0.365 e. The maximum Gasteiger partial charge on any atom is 0.279 e. The van der Waals surface area contributed by atoms with E-state index in [0.29, 0.717) is 11.4 Å². The van der Waals surface area contributed by atoms with Crippen LogP contribution in [0.15, 0.2) is 0 Å². The first kappa shape index (κ1) is 23.5. The van der Waals surface area contributed by atoms with E-state index < -0.39 is 0 Å². The summed E-state index contributed by atoms with van der Waals surface area (Å²) in [4.78, 5) is 12.3. The average molecular weight is 394 g/mol. The molecule has 1 amide bonds. The van der Waals surface area contributed by atoms with Gasteiger partial charge < -0.3 is 29.4 Å². The zero-order chi connectivity index (χ0) is 14.7. The fraction of sp³-hybridized carbons (Fsp3) is 0.769. The molecule has 2 saturated heterocycles. The summed E-state index contributed by atoms with van der Waals surface area (Å²) in [5.74, 6) is 2.22. The number of nitrogens with zero attached hydrogens (tertiary/aromatic N) is 1. The number of nitrogens with one attached hydrogen (secondary N) is 2. The molecule has 2 atom stereocenters. The van der Waals surface area contributed by atoms with Crippen LogP contribution in [0.25, 0.3) is 0 Å². The second kappa shape index (κ2) is 15.1. The number of carbonyl (C=O) groups excluding carboxylic acids is 1. The number of hydrogen-bond acceptors (Lipinski definition) is 5. The second-order valence-corrected chi connectivity index (χ2v) is 6.86. The van der Waals surface area contributed by atoms with Crippen molar-refractivity contribution in [3.8, 4) is 0 Å². The Morgan fingerprint density at radius 3 is 2.05 bits per heavy atom. The first-order chi connectivity index (χ1) is 8.99. The molecule has 117 valence electrons. The van der Waals surface area contributed by atoms with Gasteiger partial charge in [0.1, 0.15) is 0 Å². The van der Waals surface area contributed by atoms with E-state index in [1.54, 1.807) is 0 Å². The van der Waals surface area contributed by atoms with Crippen LogP contribution in [0.5, 0.6) is 0 Å². The van der Waals surface area contributed by atoms with E-state index in [1.807, 2.05) is 30.6 Å². The number of carbonyl (C=O) groups is 1. The first-order valence-corrected chi connectivity index (χ1v) is 8.58. The molecule has 0 bridgehead atoms. The van der Waals surface area contributed by atoms with Crippen LogP contribution in [-0.2, 0) is 32.7 Å². The third kappa shape index (κ3) is 14.1. The molecule has 0 aromatic rings. The van der Waals surface area contributed by atoms with Gasteiger partial charge in [0.25, 0.3) is 5.24 Å². The molecule has 2 heterocycles. The molecule has 2 rings (SSSR count). The number of amides is 1. The summed E-state index contributed by atoms with van der Waals surface area (Å²) in [6, 6.07) is 0.387. The Morgan fingerprint density at radius 2 is 1.95 bits per heavy atom. The first-order valence-electron chi connectivity index (χ1n) is 6.54. The second-order valence-electron chi connectivity index (χ2n) is 4.41. The monoisotopic (exact) mass is 394 g/mol. The summed E-state index contributed by atoms with van der Waals surface area (Å²) in [6.07, 6.45) is 0. The van der Waals surface area contributed by atoms with Crippen LogP contribution in [0.3, 0.4) is 0 Å². The summed E-state index contributed by atoms with van der Waals surface area (Å²) in [6.45, 7) is 14.4. The normalized spacial score (nSPS) is 24.0. The zero-order valence-electron chi connectivity index (χ0n) is 12.9. The molecule has 0 spiro atoms. The zero-order valence-corrected chi connectivity index (χ0v) is 17.3. The SMILES string of the molecule is CC1CSC(=O)N1.CC1NCCS1.[CH2-]CN(C)C[CH2-].[Y]. The van der Waals surface area contributed by atoms with Crippen LogP contribution in [0.1, 0.15) is 13.8 Å². The van der Waals surface area contributed by atoms with Crippen molar-refractivity contribution in [2.45, 2.75) is 25.3 Å². The van der Waals surface area contributed by atoms with Gasteiger partial charge >= 0.3 is 0 Å². The van der Waals surface area contributed by atoms with Gasteiger partial charge in [0.05, 0.1) is 5.37 Å². The van der Waals surface area contributed by atoms with Crippen LogP contribution in [0.2, 0.25) is 0 Å². The summed E-state index contributed by atoms with van der Waals surface area (Å²) in [5.41, 5.74) is 0. The van der Waals surface area contributed by atoms with Crippen molar-refractivity contribution in [3.05, 3.63) is 13.8 Å². The molecule has 2 aliphatic heterocycles. The minimum absolute atomic E-state index is 0. The van der Waals surface area contributed by atoms with Gasteiger partial charge in [-0.05, 0) is 20.9 Å². The molecule has 2 N–H and O–H groups in total. The Hall–Kier alpha value is 1.19. The quantitative estimate of drug-likeness (QED) is 0.703. The van der Waals surface area contributed by atoms with Gasteiger partial charge in [-0.25, -0.2) is 0 Å². The minimum Gasteiger partial charge on any atom is -0.365 e. The standard InChI is InChI=1S/C5H11N.C4H7NOS.C4H9NS.Y/c1-4-6(3)5-2;1-3-2-7-4(6)5-3;1-4-5-2-3-6-4;/h1-2,4-5H2,3H3;3H,2H2,1H3,(H,5,6);4-5H,2-3H2,1H3;/q-2;;;. The summed E-state index contributed by atoms with van der Waals surface area (Å²) in [5, 5.41) is 6.85. The predicted octanol–water partition coefficient (Wildman–Crippen LogP) is 2.08. The average Bonchev–Trinajstić information content (AvgIpc) is 3.01. The molecule has 20 heavy (non-hydrogen) atoms. The van der Waals surface area contributed by atoms with E-state index in [4.69, 9.17) is 0 Å². The van der Waals surface area contributed by atoms with Crippen LogP contribution in [0.4, 0.5) is 4.79 Å². The smallest absolute Gasteiger partial charge is 0.279 e. The molecule has 2 fully saturated rings. The Kier molecular flexibility index (Phi) is 17.7. The van der Waals surface area contributed by atoms with Gasteiger partial charge in [0, 0.05) is 56.8 Å². The third-order valence-corrected chi connectivity index (χ3v) is 4.65. The Balaban J connectivity index is 0. The van der Waals surface area contributed by atoms with Crippen LogP contribution >= 0.6 is 23.5 Å². The van der Waals surface area contributed by atoms with Gasteiger partial charge in [-0.3, -0.25) is 4.79 Å². The topological polar surface area (TPSA) is 44.4 Å². The molecule has 4 nitrogen and oxygen atoms in total. The van der Waals surface area contributed by atoms with E-state index in [2.05, 4.69) is 31.4 Å². The van der Waals surface area contributed by atoms with E-state index in [1.165, 1.54) is 24.1 Å². The van der Waals surface area contributed by atoms with Crippen LogP contribution < -0.4 is 10.6 Å². The maximum absolute atomic E-state index is 10.3. The van der Waals surface area contributed by atoms with E-state index in [9.17, 15) is 4.79 Å². The fourth-order valence-corrected chi connectivity index (χ4v) is 2.75. The Morgan fingerprint density at radius 1 is 1.35 bits per heavy atom. The number of hydrogen-bond donors (Lipinski definition) is 2. The van der Waals surface area contributed by atoms with Gasteiger partial charge in [0.2, 0.25) is 0 Å². The summed E-state index contributed by atoms with van der Waals surface area (Å²) < 4.78 is 0. The van der Waals surface area contributed by atoms with E-state index in [0.717, 1.165) is 18.8 Å². The molecular weight excluding hydrogens is 367 g/mol. The molecule has 2 unspecified atom stereocenters. The van der Waals surface area contributed by atoms with Gasteiger partial charge in [-0.1, -0.05) is 11.8 Å². The molecule has 0 aromatic heterocycles. The van der Waals surface area contributed by atoms with Gasteiger partial charge in [-0.2, -0.15) is 0 Å². The Labute approximate surface area is 158 Å². The van der Waals surface area contributed by atoms with Crippen LogP contribution in [-0.4, -0.2) is 59.7 Å². The van der Waals surface area contributed by atoms with Crippen molar-refractivity contribution in [2.75, 3.05) is 38.2 Å². The van der Waals surface area contributed by atoms with Crippen molar-refractivity contribution in [3.63, 3.8) is 0 Å². The minimum atomic E-state index is 0. The molecule has 0 aliphatic carbocycles. The summed E-state index contributed by atoms with van der Waals surface area (Å²) >= 11 is 3.34. The molecule has 0 aromatic carbocycles. The molecular formula is C13H27N3OS2Y-2. The number of rotatable bonds is 2. The predicted molar refractivity (Wildman–Crippen MR) is 88.6 cm³/mol. The van der Waals surface area contributed by atoms with E-state index in [-0.39, 0.29) is 37.9 Å². The van der Waals surface area contributed by atoms with Crippen molar-refractivity contribution in [1.82, 2.24) is 15.5 Å². The van der Waals surface area contributed by atoms with Crippen LogP contribution in [0, 0.1) is 13.8 Å². The van der Waals surface area contributed by atoms with Gasteiger partial charge in [0.15, 0.2) is 0 Å².